The first-order valence-electron chi connectivity index (χ1n) is 2.81. The summed E-state index contributed by atoms with van der Waals surface area (Å²) in [4.78, 5) is 0. The highest BCUT2D eigenvalue weighted by Crippen LogP contribution is 1.61. The van der Waals surface area contributed by atoms with Crippen LogP contribution < -0.4 is 10.4 Å². The van der Waals surface area contributed by atoms with Gasteiger partial charge in [-0.15, -0.1) is 0 Å². The van der Waals surface area contributed by atoms with Crippen LogP contribution >= 0.6 is 0 Å². The summed E-state index contributed by atoms with van der Waals surface area (Å²) in [6.07, 6.45) is 1.21. The third kappa shape index (κ3) is 5.92. The van der Waals surface area contributed by atoms with Crippen LogP contribution in [-0.2, 0) is 0 Å². The molecule has 0 aliphatic carbocycles. The second-order valence-corrected chi connectivity index (χ2v) is 1.93. The number of rotatable bonds is 3. The zero-order chi connectivity index (χ0) is 5.70. The summed E-state index contributed by atoms with van der Waals surface area (Å²) >= 11 is 0. The van der Waals surface area contributed by atoms with Crippen LogP contribution in [0.15, 0.2) is 0 Å². The number of hydrogen-bond acceptors (Lipinski definition) is 1. The molecule has 0 aliphatic rings. The molecule has 0 saturated carbocycles. The van der Waals surface area contributed by atoms with Gasteiger partial charge in [-0.2, -0.15) is 5.43 Å². The van der Waals surface area contributed by atoms with Crippen molar-refractivity contribution in [2.75, 3.05) is 20.6 Å². The van der Waals surface area contributed by atoms with Gasteiger partial charge in [0.1, 0.15) is 0 Å². The van der Waals surface area contributed by atoms with E-state index in [4.69, 9.17) is 0 Å². The van der Waals surface area contributed by atoms with Crippen molar-refractivity contribution in [1.29, 1.82) is 0 Å². The van der Waals surface area contributed by atoms with Crippen LogP contribution in [0.1, 0.15) is 13.3 Å². The predicted molar refractivity (Wildman–Crippen MR) is 31.1 cm³/mol. The van der Waals surface area contributed by atoms with E-state index in [2.05, 4.69) is 26.4 Å². The fraction of sp³-hybridized carbons (Fsp3) is 1.00. The predicted octanol–water partition coefficient (Wildman–Crippen LogP) is -0.954. The van der Waals surface area contributed by atoms with Crippen molar-refractivity contribution < 1.29 is 5.01 Å². The first-order chi connectivity index (χ1) is 3.27. The highest BCUT2D eigenvalue weighted by Gasteiger charge is 1.84. The summed E-state index contributed by atoms with van der Waals surface area (Å²) in [6.45, 7) is 3.28. The fourth-order valence-electron chi connectivity index (χ4n) is 0.375. The molecule has 0 aromatic rings. The maximum atomic E-state index is 3.21. The monoisotopic (exact) mass is 103 g/mol. The Morgan fingerprint density at radius 1 is 1.43 bits per heavy atom. The van der Waals surface area contributed by atoms with E-state index in [-0.39, 0.29) is 0 Å². The van der Waals surface area contributed by atoms with Gasteiger partial charge in [0.05, 0.1) is 14.1 Å². The van der Waals surface area contributed by atoms with Crippen molar-refractivity contribution in [3.8, 4) is 0 Å². The summed E-state index contributed by atoms with van der Waals surface area (Å²) in [5, 5.41) is 1.31. The minimum absolute atomic E-state index is 1.11. The van der Waals surface area contributed by atoms with E-state index in [0.717, 1.165) is 6.54 Å². The van der Waals surface area contributed by atoms with Crippen LogP contribution in [0.4, 0.5) is 0 Å². The Hall–Kier alpha value is -0.0800. The van der Waals surface area contributed by atoms with Gasteiger partial charge in [0.15, 0.2) is 0 Å². The van der Waals surface area contributed by atoms with Gasteiger partial charge >= 0.3 is 0 Å². The van der Waals surface area contributed by atoms with Crippen LogP contribution in [0.2, 0.25) is 0 Å². The Morgan fingerprint density at radius 2 is 2.00 bits per heavy atom. The van der Waals surface area contributed by atoms with Crippen molar-refractivity contribution in [3.05, 3.63) is 0 Å². The lowest BCUT2D eigenvalue weighted by atomic mass is 10.5. The Kier molecular flexibility index (Phi) is 4.04. The Balaban J connectivity index is 2.68. The minimum atomic E-state index is 1.11. The molecule has 2 N–H and O–H groups in total. The van der Waals surface area contributed by atoms with Crippen molar-refractivity contribution in [2.45, 2.75) is 13.3 Å². The zero-order valence-corrected chi connectivity index (χ0v) is 5.41. The SMILES string of the molecule is CCCN[NH+](C)C. The maximum Gasteiger partial charge on any atom is 0.0839 e. The molecule has 0 unspecified atom stereocenters. The highest BCUT2D eigenvalue weighted by molar-refractivity contribution is 4.22. The molecule has 44 valence electrons. The van der Waals surface area contributed by atoms with Gasteiger partial charge in [0.25, 0.3) is 0 Å². The standard InChI is InChI=1S/C5H14N2/c1-4-5-6-7(2)3/h6H,4-5H2,1-3H3/p+1. The highest BCUT2D eigenvalue weighted by atomic mass is 15.5. The molecule has 0 spiro atoms. The van der Waals surface area contributed by atoms with E-state index in [0.29, 0.717) is 0 Å². The molecular weight excluding hydrogens is 88.1 g/mol. The second kappa shape index (κ2) is 4.09. The fourth-order valence-corrected chi connectivity index (χ4v) is 0.375. The molecule has 0 saturated heterocycles. The van der Waals surface area contributed by atoms with Gasteiger partial charge < -0.3 is 0 Å². The maximum absolute atomic E-state index is 3.21. The molecule has 0 aliphatic heterocycles. The van der Waals surface area contributed by atoms with Crippen molar-refractivity contribution in [2.24, 2.45) is 0 Å². The third-order valence-electron chi connectivity index (χ3n) is 0.729. The minimum Gasteiger partial charge on any atom is -0.262 e. The molecule has 0 rings (SSSR count). The smallest absolute Gasteiger partial charge is 0.0839 e. The lowest BCUT2D eigenvalue weighted by Gasteiger charge is -2.05. The Labute approximate surface area is 45.5 Å². The van der Waals surface area contributed by atoms with Crippen molar-refractivity contribution >= 4 is 0 Å². The van der Waals surface area contributed by atoms with Crippen molar-refractivity contribution in [3.63, 3.8) is 0 Å². The average molecular weight is 103 g/mol. The van der Waals surface area contributed by atoms with Gasteiger partial charge in [-0.1, -0.05) is 6.92 Å². The average Bonchev–Trinajstić information content (AvgIpc) is 1.61. The number of hydrogen-bond donors (Lipinski definition) is 2. The lowest BCUT2D eigenvalue weighted by Crippen LogP contribution is -3.13. The van der Waals surface area contributed by atoms with Crippen LogP contribution in [0.3, 0.4) is 0 Å². The van der Waals surface area contributed by atoms with Gasteiger partial charge in [-0.05, 0) is 6.42 Å². The summed E-state index contributed by atoms with van der Waals surface area (Å²) in [6, 6.07) is 0. The molecule has 2 heteroatoms. The van der Waals surface area contributed by atoms with Gasteiger partial charge in [0, 0.05) is 6.54 Å². The van der Waals surface area contributed by atoms with Gasteiger partial charge in [-0.25, -0.2) is 0 Å². The zero-order valence-electron chi connectivity index (χ0n) is 5.41. The van der Waals surface area contributed by atoms with Gasteiger partial charge in [-0.3, -0.25) is 5.01 Å². The number of nitrogens with one attached hydrogen (secondary N) is 2. The van der Waals surface area contributed by atoms with Crippen molar-refractivity contribution in [1.82, 2.24) is 5.43 Å². The molecule has 0 aromatic carbocycles. The molecule has 2 nitrogen and oxygen atoms in total. The quantitative estimate of drug-likeness (QED) is 0.440. The van der Waals surface area contributed by atoms with E-state index in [1.165, 1.54) is 11.4 Å². The van der Waals surface area contributed by atoms with E-state index in [9.17, 15) is 0 Å². The van der Waals surface area contributed by atoms with Gasteiger partial charge in [0.2, 0.25) is 0 Å². The van der Waals surface area contributed by atoms with E-state index in [1.54, 1.807) is 0 Å². The largest absolute Gasteiger partial charge is 0.262 e. The second-order valence-electron chi connectivity index (χ2n) is 1.93. The molecule has 0 fully saturated rings. The summed E-state index contributed by atoms with van der Waals surface area (Å²) in [5.41, 5.74) is 3.21. The van der Waals surface area contributed by atoms with E-state index >= 15 is 0 Å². The van der Waals surface area contributed by atoms with Crippen LogP contribution in [0.5, 0.6) is 0 Å². The lowest BCUT2D eigenvalue weighted by molar-refractivity contribution is -0.906. The molecule has 0 atom stereocenters. The first-order valence-corrected chi connectivity index (χ1v) is 2.81. The molecule has 0 bridgehead atoms. The summed E-state index contributed by atoms with van der Waals surface area (Å²) < 4.78 is 0. The van der Waals surface area contributed by atoms with E-state index in [1.807, 2.05) is 0 Å². The molecule has 7 heavy (non-hydrogen) atoms. The van der Waals surface area contributed by atoms with Crippen LogP contribution in [0.25, 0.3) is 0 Å². The third-order valence-corrected chi connectivity index (χ3v) is 0.729. The Morgan fingerprint density at radius 3 is 2.14 bits per heavy atom. The normalized spacial score (nSPS) is 10.3. The Bertz CT molecular complexity index is 35.1. The molecule has 0 amide bonds. The molecule has 0 radical (unpaired) electrons. The molecule has 0 aromatic heterocycles. The first kappa shape index (κ1) is 6.92. The molecule has 0 heterocycles. The van der Waals surface area contributed by atoms with E-state index < -0.39 is 0 Å². The summed E-state index contributed by atoms with van der Waals surface area (Å²) in [7, 11) is 4.16. The number of quaternary nitrogens is 1. The van der Waals surface area contributed by atoms with Crippen LogP contribution in [0, 0.1) is 0 Å². The summed E-state index contributed by atoms with van der Waals surface area (Å²) in [5.74, 6) is 0. The van der Waals surface area contributed by atoms with Crippen LogP contribution in [-0.4, -0.2) is 20.6 Å². The topological polar surface area (TPSA) is 16.5 Å². The molecular formula is C5H15N2+.